The molecule has 1 rings (SSSR count). The van der Waals surface area contributed by atoms with Gasteiger partial charge in [-0.1, -0.05) is 17.7 Å². The van der Waals surface area contributed by atoms with Gasteiger partial charge in [-0.15, -0.1) is 0 Å². The number of rotatable bonds is 1. The molecule has 1 aromatic rings. The van der Waals surface area contributed by atoms with Crippen molar-refractivity contribution in [2.75, 3.05) is 0 Å². The average molecular weight is 296 g/mol. The van der Waals surface area contributed by atoms with Gasteiger partial charge < -0.3 is 9.02 Å². The Morgan fingerprint density at radius 3 is 1.78 bits per heavy atom. The van der Waals surface area contributed by atoms with Crippen LogP contribution in [0.1, 0.15) is 31.3 Å². The maximum absolute atomic E-state index is 11.6. The Bertz CT molecular complexity index is 425. The van der Waals surface area contributed by atoms with Gasteiger partial charge in [-0.05, 0) is 41.1 Å². The van der Waals surface area contributed by atoms with E-state index in [1.165, 1.54) is 0 Å². The molecule has 0 bridgehead atoms. The van der Waals surface area contributed by atoms with Crippen molar-refractivity contribution in [2.24, 2.45) is 0 Å². The molecular formula is C11H16Na3O3P. The summed E-state index contributed by atoms with van der Waals surface area (Å²) < 4.78 is 4.52. The summed E-state index contributed by atoms with van der Waals surface area (Å²) in [6.45, 7) is 5.60. The molecule has 0 aliphatic rings. The van der Waals surface area contributed by atoms with Crippen molar-refractivity contribution in [2.45, 2.75) is 20.8 Å². The van der Waals surface area contributed by atoms with Crippen molar-refractivity contribution in [3.8, 4) is 0 Å². The van der Waals surface area contributed by atoms with Gasteiger partial charge in [0.15, 0.2) is 0 Å². The molecule has 3 nitrogen and oxygen atoms in total. The molecule has 0 aliphatic carbocycles. The minimum absolute atomic E-state index is 0. The number of ether oxygens (including phenoxy) is 1. The molecular weight excluding hydrogens is 280 g/mol. The maximum Gasteiger partial charge on any atom is 1.00 e. The van der Waals surface area contributed by atoms with Crippen LogP contribution in [0.2, 0.25) is 0 Å². The molecule has 0 heterocycles. The summed E-state index contributed by atoms with van der Waals surface area (Å²) in [5, 5.41) is 0. The Balaban J connectivity index is -0.0000000937. The molecule has 0 saturated heterocycles. The summed E-state index contributed by atoms with van der Waals surface area (Å²) in [6, 6.07) is 3.77. The fourth-order valence-electron chi connectivity index (χ4n) is 1.64. The molecule has 1 aromatic carbocycles. The molecule has 0 radical (unpaired) electrons. The van der Waals surface area contributed by atoms with Gasteiger partial charge in [-0.2, -0.15) is 0 Å². The van der Waals surface area contributed by atoms with Crippen molar-refractivity contribution in [1.29, 1.82) is 0 Å². The molecule has 0 aliphatic heterocycles. The van der Waals surface area contributed by atoms with E-state index in [-0.39, 0.29) is 93.0 Å². The molecule has 1 unspecified atom stereocenters. The van der Waals surface area contributed by atoms with Crippen LogP contribution >= 0.6 is 9.24 Å². The van der Waals surface area contributed by atoms with Gasteiger partial charge in [0.2, 0.25) is 0 Å². The summed E-state index contributed by atoms with van der Waals surface area (Å²) in [5.74, 6) is -0.593. The summed E-state index contributed by atoms with van der Waals surface area (Å²) in [4.78, 5) is 22.2. The predicted octanol–water partition coefficient (Wildman–Crippen LogP) is -5.89. The van der Waals surface area contributed by atoms with Crippen LogP contribution < -0.4 is 88.7 Å². The number of carbonyl (C=O) groups is 2. The van der Waals surface area contributed by atoms with Gasteiger partial charge in [0, 0.05) is 0 Å². The van der Waals surface area contributed by atoms with E-state index in [0.29, 0.717) is 5.56 Å². The fraction of sp³-hybridized carbons (Fsp3) is 0.273. The largest absolute Gasteiger partial charge is 1.00 e. The van der Waals surface area contributed by atoms with E-state index in [4.69, 9.17) is 0 Å². The molecule has 0 saturated carbocycles. The molecule has 18 heavy (non-hydrogen) atoms. The Morgan fingerprint density at radius 2 is 1.44 bits per heavy atom. The molecule has 0 aromatic heterocycles. The number of hydrogen-bond donors (Lipinski definition) is 0. The van der Waals surface area contributed by atoms with Crippen LogP contribution in [0, 0.1) is 20.8 Å². The Morgan fingerprint density at radius 1 is 1.06 bits per heavy atom. The normalized spacial score (nSPS) is 8.22. The first-order chi connectivity index (χ1) is 6.91. The second kappa shape index (κ2) is 11.4. The van der Waals surface area contributed by atoms with E-state index in [2.05, 4.69) is 4.74 Å². The van der Waals surface area contributed by atoms with E-state index in [0.717, 1.165) is 16.7 Å². The van der Waals surface area contributed by atoms with Gasteiger partial charge in [0.25, 0.3) is 0 Å². The maximum atomic E-state index is 11.6. The zero-order valence-electron chi connectivity index (χ0n) is 15.0. The second-order valence-electron chi connectivity index (χ2n) is 3.48. The average Bonchev–Trinajstić information content (AvgIpc) is 1.99. The van der Waals surface area contributed by atoms with Crippen molar-refractivity contribution in [3.05, 3.63) is 34.4 Å². The third-order valence-corrected chi connectivity index (χ3v) is 2.19. The topological polar surface area (TPSA) is 43.4 Å². The monoisotopic (exact) mass is 296 g/mol. The van der Waals surface area contributed by atoms with Gasteiger partial charge in [0.05, 0.1) is 5.56 Å². The van der Waals surface area contributed by atoms with Crippen LogP contribution in [0.5, 0.6) is 0 Å². The van der Waals surface area contributed by atoms with Gasteiger partial charge in [0.1, 0.15) is 0 Å². The van der Waals surface area contributed by atoms with Crippen LogP contribution in [0.4, 0.5) is 4.79 Å². The summed E-state index contributed by atoms with van der Waals surface area (Å²) in [7, 11) is 1.81. The van der Waals surface area contributed by atoms with E-state index in [9.17, 15) is 9.59 Å². The van der Waals surface area contributed by atoms with Crippen molar-refractivity contribution >= 4 is 20.9 Å². The van der Waals surface area contributed by atoms with Crippen LogP contribution in [0.25, 0.3) is 0 Å². The molecule has 0 spiro atoms. The molecule has 0 fully saturated rings. The quantitative estimate of drug-likeness (QED) is 0.224. The van der Waals surface area contributed by atoms with E-state index >= 15 is 0 Å². The minimum Gasteiger partial charge on any atom is -1.00 e. The van der Waals surface area contributed by atoms with Crippen LogP contribution in [0.3, 0.4) is 0 Å². The van der Waals surface area contributed by atoms with Crippen LogP contribution in [-0.4, -0.2) is 11.7 Å². The Kier molecular flexibility index (Phi) is 15.8. The van der Waals surface area contributed by atoms with Gasteiger partial charge in [-0.3, -0.25) is 0 Å². The van der Waals surface area contributed by atoms with Crippen molar-refractivity contribution in [1.82, 2.24) is 0 Å². The minimum atomic E-state index is -0.667. The van der Waals surface area contributed by atoms with E-state index in [1.54, 1.807) is 0 Å². The second-order valence-corrected chi connectivity index (χ2v) is 3.95. The first-order valence-electron chi connectivity index (χ1n) is 4.51. The smallest absolute Gasteiger partial charge is 1.00 e. The Labute approximate surface area is 181 Å². The van der Waals surface area contributed by atoms with Crippen LogP contribution in [-0.2, 0) is 4.74 Å². The number of aryl methyl sites for hydroxylation is 3. The number of hydrogen-bond acceptors (Lipinski definition) is 3. The SMILES string of the molecule is Cc1cc(C)c(C(=O)OC(=O)P)c(C)c1.[H-].[H-].[H-].[Na+].[Na+].[Na+]. The standard InChI is InChI=1S/C11H13O3P.3Na.3H/c1-6-4-7(2)9(8(3)5-6)10(12)14-11(13)15;;;;;;/h4-5H,15H2,1-3H3;;;;;;/q;3*+1;3*-1. The molecule has 7 heteroatoms. The predicted molar refractivity (Wildman–Crippen MR) is 64.5 cm³/mol. The van der Waals surface area contributed by atoms with Crippen LogP contribution in [0.15, 0.2) is 12.1 Å². The number of carbonyl (C=O) groups excluding carboxylic acids is 2. The van der Waals surface area contributed by atoms with Crippen molar-refractivity contribution < 1.29 is 107 Å². The summed E-state index contributed by atoms with van der Waals surface area (Å²) >= 11 is 0. The number of esters is 1. The van der Waals surface area contributed by atoms with Crippen molar-refractivity contribution in [3.63, 3.8) is 0 Å². The third kappa shape index (κ3) is 7.54. The molecule has 86 valence electrons. The van der Waals surface area contributed by atoms with Gasteiger partial charge in [-0.25, -0.2) is 9.59 Å². The zero-order chi connectivity index (χ0) is 11.6. The Hall–Kier alpha value is 1.79. The van der Waals surface area contributed by atoms with E-state index in [1.807, 2.05) is 42.1 Å². The fourth-order valence-corrected chi connectivity index (χ4v) is 1.75. The first-order valence-corrected chi connectivity index (χ1v) is 5.09. The summed E-state index contributed by atoms with van der Waals surface area (Å²) in [5.41, 5.74) is 2.53. The first kappa shape index (κ1) is 24.8. The molecule has 1 atom stereocenters. The van der Waals surface area contributed by atoms with E-state index < -0.39 is 11.7 Å². The summed E-state index contributed by atoms with van der Waals surface area (Å²) in [6.07, 6.45) is 0. The number of benzene rings is 1. The molecule has 0 amide bonds. The molecule has 0 N–H and O–H groups in total. The third-order valence-electron chi connectivity index (χ3n) is 2.07. The van der Waals surface area contributed by atoms with Gasteiger partial charge >= 0.3 is 100 Å². The zero-order valence-corrected chi connectivity index (χ0v) is 19.1.